The molecule has 2 N–H and O–H groups in total. The molecule has 0 saturated heterocycles. The van der Waals surface area contributed by atoms with Crippen LogP contribution in [-0.2, 0) is 0 Å². The lowest BCUT2D eigenvalue weighted by Crippen LogP contribution is -1.91. The zero-order valence-corrected chi connectivity index (χ0v) is 8.61. The second-order valence-electron chi connectivity index (χ2n) is 1.76. The topological polar surface area (TPSA) is 26.0 Å². The van der Waals surface area contributed by atoms with Crippen molar-refractivity contribution in [1.82, 2.24) is 0 Å². The average Bonchev–Trinajstić information content (AvgIpc) is 1.93. The van der Waals surface area contributed by atoms with Crippen LogP contribution >= 0.6 is 38.5 Å². The summed E-state index contributed by atoms with van der Waals surface area (Å²) in [6.45, 7) is 0. The summed E-state index contributed by atoms with van der Waals surface area (Å²) in [5, 5.41) is 0. The molecule has 0 amide bonds. The molecule has 1 nitrogen and oxygen atoms in total. The molecule has 0 heterocycles. The molecule has 0 aliphatic rings. The number of hydrogen-bond donors (Lipinski definition) is 1. The third kappa shape index (κ3) is 1.42. The van der Waals surface area contributed by atoms with Crippen molar-refractivity contribution in [3.63, 3.8) is 0 Å². The fraction of sp³-hybridized carbons (Fsp3) is 0. The van der Waals surface area contributed by atoms with E-state index in [4.69, 9.17) is 5.73 Å². The Balaban J connectivity index is 3.34. The normalized spacial score (nSPS) is 9.90. The van der Waals surface area contributed by atoms with E-state index >= 15 is 0 Å². The molecular weight excluding hydrogens is 312 g/mol. The van der Waals surface area contributed by atoms with Gasteiger partial charge in [0.15, 0.2) is 0 Å². The van der Waals surface area contributed by atoms with Crippen molar-refractivity contribution in [3.8, 4) is 0 Å². The van der Waals surface area contributed by atoms with Crippen LogP contribution in [0.1, 0.15) is 0 Å². The number of nitrogen functional groups attached to an aromatic ring is 1. The first kappa shape index (κ1) is 8.26. The standard InChI is InChI=1S/C6H4BrFIN/c7-5-3(8)1-2-4(10)6(5)9/h1-2H,10H2. The van der Waals surface area contributed by atoms with Gasteiger partial charge < -0.3 is 5.73 Å². The largest absolute Gasteiger partial charge is 0.398 e. The maximum absolute atomic E-state index is 12.7. The van der Waals surface area contributed by atoms with Gasteiger partial charge in [-0.25, -0.2) is 4.39 Å². The molecule has 0 spiro atoms. The van der Waals surface area contributed by atoms with E-state index in [2.05, 4.69) is 15.9 Å². The number of anilines is 1. The molecule has 0 aromatic heterocycles. The number of halogens is 3. The van der Waals surface area contributed by atoms with Crippen LogP contribution < -0.4 is 5.73 Å². The van der Waals surface area contributed by atoms with Gasteiger partial charge in [0.1, 0.15) is 5.82 Å². The van der Waals surface area contributed by atoms with Gasteiger partial charge in [-0.3, -0.25) is 0 Å². The maximum Gasteiger partial charge on any atom is 0.138 e. The molecule has 4 heteroatoms. The van der Waals surface area contributed by atoms with Gasteiger partial charge in [0.05, 0.1) is 8.04 Å². The Bertz CT molecular complexity index is 237. The van der Waals surface area contributed by atoms with Crippen molar-refractivity contribution in [2.45, 2.75) is 0 Å². The molecule has 0 fully saturated rings. The fourth-order valence-electron chi connectivity index (χ4n) is 0.541. The monoisotopic (exact) mass is 315 g/mol. The second kappa shape index (κ2) is 3.04. The summed E-state index contributed by atoms with van der Waals surface area (Å²) in [5.74, 6) is -0.279. The van der Waals surface area contributed by atoms with Gasteiger partial charge in [-0.1, -0.05) is 0 Å². The van der Waals surface area contributed by atoms with Crippen molar-refractivity contribution >= 4 is 44.2 Å². The molecule has 1 rings (SSSR count). The molecule has 0 aliphatic heterocycles. The number of hydrogen-bond acceptors (Lipinski definition) is 1. The van der Waals surface area contributed by atoms with Crippen molar-refractivity contribution in [2.75, 3.05) is 5.73 Å². The lowest BCUT2D eigenvalue weighted by Gasteiger charge is -2.00. The number of rotatable bonds is 0. The SMILES string of the molecule is Nc1ccc(F)c(Br)c1I. The van der Waals surface area contributed by atoms with Crippen LogP contribution in [0.2, 0.25) is 0 Å². The Labute approximate surface area is 80.1 Å². The van der Waals surface area contributed by atoms with Gasteiger partial charge >= 0.3 is 0 Å². The van der Waals surface area contributed by atoms with Crippen LogP contribution in [0.15, 0.2) is 16.6 Å². The first-order valence-electron chi connectivity index (χ1n) is 2.52. The molecule has 1 aromatic carbocycles. The van der Waals surface area contributed by atoms with E-state index in [0.717, 1.165) is 3.57 Å². The summed E-state index contributed by atoms with van der Waals surface area (Å²) in [5.41, 5.74) is 6.08. The zero-order chi connectivity index (χ0) is 7.72. The van der Waals surface area contributed by atoms with E-state index in [-0.39, 0.29) is 5.82 Å². The Kier molecular flexibility index (Phi) is 2.51. The summed E-state index contributed by atoms with van der Waals surface area (Å²) in [7, 11) is 0. The van der Waals surface area contributed by atoms with E-state index in [9.17, 15) is 4.39 Å². The van der Waals surface area contributed by atoms with Gasteiger partial charge in [-0.15, -0.1) is 0 Å². The Morgan fingerprint density at radius 2 is 2.10 bits per heavy atom. The molecule has 0 atom stereocenters. The molecule has 0 bridgehead atoms. The summed E-state index contributed by atoms with van der Waals surface area (Å²) in [6.07, 6.45) is 0. The molecule has 54 valence electrons. The van der Waals surface area contributed by atoms with Crippen molar-refractivity contribution in [2.24, 2.45) is 0 Å². The van der Waals surface area contributed by atoms with Gasteiger partial charge in [0, 0.05) is 5.69 Å². The molecule has 0 saturated carbocycles. The minimum Gasteiger partial charge on any atom is -0.398 e. The average molecular weight is 316 g/mol. The lowest BCUT2D eigenvalue weighted by molar-refractivity contribution is 0.620. The van der Waals surface area contributed by atoms with Crippen LogP contribution in [0.25, 0.3) is 0 Å². The lowest BCUT2D eigenvalue weighted by atomic mass is 10.3. The van der Waals surface area contributed by atoms with Gasteiger partial charge in [-0.05, 0) is 50.7 Å². The first-order chi connectivity index (χ1) is 4.63. The van der Waals surface area contributed by atoms with Crippen molar-refractivity contribution in [3.05, 3.63) is 26.0 Å². The van der Waals surface area contributed by atoms with E-state index in [1.54, 1.807) is 6.07 Å². The number of benzene rings is 1. The Morgan fingerprint density at radius 3 is 2.60 bits per heavy atom. The first-order valence-corrected chi connectivity index (χ1v) is 4.39. The third-order valence-electron chi connectivity index (χ3n) is 1.07. The van der Waals surface area contributed by atoms with Crippen molar-refractivity contribution in [1.29, 1.82) is 0 Å². The highest BCUT2D eigenvalue weighted by Gasteiger charge is 2.04. The van der Waals surface area contributed by atoms with E-state index < -0.39 is 0 Å². The third-order valence-corrected chi connectivity index (χ3v) is 3.74. The summed E-state index contributed by atoms with van der Waals surface area (Å²) >= 11 is 5.05. The Hall–Kier alpha value is 0.160. The highest BCUT2D eigenvalue weighted by molar-refractivity contribution is 14.1. The highest BCUT2D eigenvalue weighted by atomic mass is 127. The van der Waals surface area contributed by atoms with E-state index in [1.165, 1.54) is 6.07 Å². The van der Waals surface area contributed by atoms with Gasteiger partial charge in [0.25, 0.3) is 0 Å². The quantitative estimate of drug-likeness (QED) is 0.445. The van der Waals surface area contributed by atoms with E-state index in [1.807, 2.05) is 22.6 Å². The molecular formula is C6H4BrFIN. The van der Waals surface area contributed by atoms with Crippen LogP contribution in [0, 0.1) is 9.39 Å². The molecule has 0 aliphatic carbocycles. The van der Waals surface area contributed by atoms with E-state index in [0.29, 0.717) is 10.2 Å². The van der Waals surface area contributed by atoms with Crippen LogP contribution in [-0.4, -0.2) is 0 Å². The minimum absolute atomic E-state index is 0.279. The minimum atomic E-state index is -0.279. The molecule has 1 aromatic rings. The maximum atomic E-state index is 12.7. The van der Waals surface area contributed by atoms with Gasteiger partial charge in [0.2, 0.25) is 0 Å². The van der Waals surface area contributed by atoms with Crippen molar-refractivity contribution < 1.29 is 4.39 Å². The summed E-state index contributed by atoms with van der Waals surface area (Å²) in [6, 6.07) is 2.88. The van der Waals surface area contributed by atoms with Crippen LogP contribution in [0.5, 0.6) is 0 Å². The number of nitrogens with two attached hydrogens (primary N) is 1. The predicted molar refractivity (Wildman–Crippen MR) is 51.2 cm³/mol. The summed E-state index contributed by atoms with van der Waals surface area (Å²) < 4.78 is 13.8. The van der Waals surface area contributed by atoms with Crippen LogP contribution in [0.3, 0.4) is 0 Å². The smallest absolute Gasteiger partial charge is 0.138 e. The highest BCUT2D eigenvalue weighted by Crippen LogP contribution is 2.26. The fourth-order valence-corrected chi connectivity index (χ4v) is 1.34. The predicted octanol–water partition coefficient (Wildman–Crippen LogP) is 2.78. The van der Waals surface area contributed by atoms with Gasteiger partial charge in [-0.2, -0.15) is 0 Å². The molecule has 0 radical (unpaired) electrons. The molecule has 10 heavy (non-hydrogen) atoms. The van der Waals surface area contributed by atoms with Crippen LogP contribution in [0.4, 0.5) is 10.1 Å². The zero-order valence-electron chi connectivity index (χ0n) is 4.87. The molecule has 0 unspecified atom stereocenters. The second-order valence-corrected chi connectivity index (χ2v) is 3.64. The Morgan fingerprint density at radius 1 is 1.50 bits per heavy atom. The summed E-state index contributed by atoms with van der Waals surface area (Å²) in [4.78, 5) is 0.